The second-order valence-corrected chi connectivity index (χ2v) is 4.94. The van der Waals surface area contributed by atoms with Gasteiger partial charge in [0.2, 0.25) is 0 Å². The molecule has 1 nitrogen and oxygen atoms in total. The van der Waals surface area contributed by atoms with E-state index in [1.807, 2.05) is 0 Å². The Kier molecular flexibility index (Phi) is 4.09. The van der Waals surface area contributed by atoms with Crippen molar-refractivity contribution in [1.82, 2.24) is 0 Å². The molecule has 0 aromatic rings. The van der Waals surface area contributed by atoms with Gasteiger partial charge in [-0.15, -0.1) is 0 Å². The zero-order valence-electron chi connectivity index (χ0n) is 8.65. The van der Waals surface area contributed by atoms with E-state index in [9.17, 15) is 0 Å². The zero-order valence-corrected chi connectivity index (χ0v) is 8.65. The second-order valence-electron chi connectivity index (χ2n) is 4.94. The topological polar surface area (TPSA) is 26.0 Å². The van der Waals surface area contributed by atoms with Crippen molar-refractivity contribution in [2.24, 2.45) is 17.1 Å². The van der Waals surface area contributed by atoms with Crippen molar-refractivity contribution in [2.75, 3.05) is 0 Å². The van der Waals surface area contributed by atoms with Gasteiger partial charge in [0.25, 0.3) is 0 Å². The molecule has 0 amide bonds. The zero-order chi connectivity index (χ0) is 9.07. The summed E-state index contributed by atoms with van der Waals surface area (Å²) in [4.78, 5) is 0. The van der Waals surface area contributed by atoms with Crippen molar-refractivity contribution in [2.45, 2.75) is 53.5 Å². The van der Waals surface area contributed by atoms with Crippen LogP contribution >= 0.6 is 0 Å². The molecule has 0 bridgehead atoms. The van der Waals surface area contributed by atoms with E-state index in [2.05, 4.69) is 34.6 Å². The molecular formula is C10H23N. The van der Waals surface area contributed by atoms with Crippen molar-refractivity contribution in [1.29, 1.82) is 0 Å². The molecule has 1 unspecified atom stereocenters. The lowest BCUT2D eigenvalue weighted by molar-refractivity contribution is 0.314. The lowest BCUT2D eigenvalue weighted by Gasteiger charge is -2.22. The lowest BCUT2D eigenvalue weighted by Crippen LogP contribution is -2.25. The Labute approximate surface area is 71.4 Å². The van der Waals surface area contributed by atoms with Crippen molar-refractivity contribution in [3.05, 3.63) is 0 Å². The molecule has 0 saturated heterocycles. The molecule has 0 aliphatic heterocycles. The summed E-state index contributed by atoms with van der Waals surface area (Å²) in [6, 6.07) is 0.345. The Morgan fingerprint density at radius 2 is 1.64 bits per heavy atom. The van der Waals surface area contributed by atoms with Gasteiger partial charge < -0.3 is 5.73 Å². The van der Waals surface area contributed by atoms with Crippen LogP contribution in [0.1, 0.15) is 47.5 Å². The Balaban J connectivity index is 3.54. The molecule has 2 N–H and O–H groups in total. The van der Waals surface area contributed by atoms with Crippen molar-refractivity contribution >= 4 is 0 Å². The Morgan fingerprint density at radius 3 is 1.91 bits per heavy atom. The molecule has 0 aromatic carbocycles. The predicted molar refractivity (Wildman–Crippen MR) is 51.5 cm³/mol. The lowest BCUT2D eigenvalue weighted by atomic mass is 9.85. The van der Waals surface area contributed by atoms with E-state index in [0.717, 1.165) is 0 Å². The highest BCUT2D eigenvalue weighted by molar-refractivity contribution is 4.68. The standard InChI is InChI=1S/C10H23N/c1-8(9(2)11)6-7-10(3,4)5/h8-9H,6-7,11H2,1-5H3/t8-,9?/m1/s1. The largest absolute Gasteiger partial charge is 0.328 e. The van der Waals surface area contributed by atoms with Crippen LogP contribution in [0, 0.1) is 11.3 Å². The first kappa shape index (κ1) is 11.0. The van der Waals surface area contributed by atoms with Gasteiger partial charge in [-0.05, 0) is 31.1 Å². The van der Waals surface area contributed by atoms with E-state index in [-0.39, 0.29) is 0 Å². The maximum Gasteiger partial charge on any atom is 0.00361 e. The van der Waals surface area contributed by atoms with Crippen LogP contribution in [-0.4, -0.2) is 6.04 Å². The van der Waals surface area contributed by atoms with Crippen molar-refractivity contribution in [3.63, 3.8) is 0 Å². The van der Waals surface area contributed by atoms with Crippen LogP contribution < -0.4 is 5.73 Å². The van der Waals surface area contributed by atoms with Crippen LogP contribution in [-0.2, 0) is 0 Å². The van der Waals surface area contributed by atoms with Crippen molar-refractivity contribution < 1.29 is 0 Å². The van der Waals surface area contributed by atoms with Crippen LogP contribution in [0.15, 0.2) is 0 Å². The average molecular weight is 157 g/mol. The van der Waals surface area contributed by atoms with Gasteiger partial charge in [0, 0.05) is 6.04 Å². The molecular weight excluding hydrogens is 134 g/mol. The molecule has 0 fully saturated rings. The summed E-state index contributed by atoms with van der Waals surface area (Å²) in [7, 11) is 0. The molecule has 0 aliphatic carbocycles. The molecule has 11 heavy (non-hydrogen) atoms. The molecule has 0 saturated carbocycles. The van der Waals surface area contributed by atoms with E-state index >= 15 is 0 Å². The minimum atomic E-state index is 0.345. The Morgan fingerprint density at radius 1 is 1.18 bits per heavy atom. The van der Waals surface area contributed by atoms with Gasteiger partial charge in [-0.25, -0.2) is 0 Å². The first-order valence-electron chi connectivity index (χ1n) is 4.58. The summed E-state index contributed by atoms with van der Waals surface area (Å²) in [5.41, 5.74) is 6.23. The van der Waals surface area contributed by atoms with Crippen molar-refractivity contribution in [3.8, 4) is 0 Å². The maximum absolute atomic E-state index is 5.77. The third-order valence-corrected chi connectivity index (χ3v) is 2.25. The van der Waals surface area contributed by atoms with Gasteiger partial charge in [0.15, 0.2) is 0 Å². The van der Waals surface area contributed by atoms with Gasteiger partial charge >= 0.3 is 0 Å². The number of rotatable bonds is 3. The summed E-state index contributed by atoms with van der Waals surface area (Å²) in [6.07, 6.45) is 2.52. The van der Waals surface area contributed by atoms with Crippen LogP contribution in [0.5, 0.6) is 0 Å². The average Bonchev–Trinajstić information content (AvgIpc) is 1.80. The SMILES string of the molecule is CC(N)[C@H](C)CCC(C)(C)C. The number of hydrogen-bond donors (Lipinski definition) is 1. The molecule has 1 heteroatoms. The van der Waals surface area contributed by atoms with E-state index in [0.29, 0.717) is 17.4 Å². The summed E-state index contributed by atoms with van der Waals surface area (Å²) >= 11 is 0. The van der Waals surface area contributed by atoms with Gasteiger partial charge in [-0.3, -0.25) is 0 Å². The van der Waals surface area contributed by atoms with Crippen LogP contribution in [0.4, 0.5) is 0 Å². The minimum Gasteiger partial charge on any atom is -0.328 e. The molecule has 0 aromatic heterocycles. The quantitative estimate of drug-likeness (QED) is 0.670. The summed E-state index contributed by atoms with van der Waals surface area (Å²) in [6.45, 7) is 11.2. The molecule has 0 rings (SSSR count). The van der Waals surface area contributed by atoms with E-state index in [1.54, 1.807) is 0 Å². The minimum absolute atomic E-state index is 0.345. The van der Waals surface area contributed by atoms with E-state index in [4.69, 9.17) is 5.73 Å². The highest BCUT2D eigenvalue weighted by Gasteiger charge is 2.14. The van der Waals surface area contributed by atoms with Crippen LogP contribution in [0.3, 0.4) is 0 Å². The van der Waals surface area contributed by atoms with E-state index in [1.165, 1.54) is 12.8 Å². The van der Waals surface area contributed by atoms with Gasteiger partial charge in [-0.2, -0.15) is 0 Å². The van der Waals surface area contributed by atoms with Gasteiger partial charge in [0.1, 0.15) is 0 Å². The smallest absolute Gasteiger partial charge is 0.00361 e. The third-order valence-electron chi connectivity index (χ3n) is 2.25. The molecule has 0 heterocycles. The first-order chi connectivity index (χ1) is 4.83. The van der Waals surface area contributed by atoms with E-state index < -0.39 is 0 Å². The molecule has 0 spiro atoms. The second kappa shape index (κ2) is 4.10. The summed E-state index contributed by atoms with van der Waals surface area (Å²) in [5, 5.41) is 0. The fraction of sp³-hybridized carbons (Fsp3) is 1.00. The predicted octanol–water partition coefficient (Wildman–Crippen LogP) is 2.80. The number of nitrogens with two attached hydrogens (primary N) is 1. The Bertz CT molecular complexity index is 99.9. The molecule has 0 aliphatic rings. The Hall–Kier alpha value is -0.0400. The highest BCUT2D eigenvalue weighted by atomic mass is 14.6. The summed E-state index contributed by atoms with van der Waals surface area (Å²) in [5.74, 6) is 0.661. The fourth-order valence-electron chi connectivity index (χ4n) is 0.924. The molecule has 0 radical (unpaired) electrons. The summed E-state index contributed by atoms with van der Waals surface area (Å²) < 4.78 is 0. The molecule has 2 atom stereocenters. The van der Waals surface area contributed by atoms with Gasteiger partial charge in [-0.1, -0.05) is 27.7 Å². The van der Waals surface area contributed by atoms with Crippen LogP contribution in [0.2, 0.25) is 0 Å². The fourth-order valence-corrected chi connectivity index (χ4v) is 0.924. The normalized spacial score (nSPS) is 18.0. The monoisotopic (exact) mass is 157 g/mol. The first-order valence-corrected chi connectivity index (χ1v) is 4.58. The maximum atomic E-state index is 5.77. The van der Waals surface area contributed by atoms with Crippen LogP contribution in [0.25, 0.3) is 0 Å². The van der Waals surface area contributed by atoms with Gasteiger partial charge in [0.05, 0.1) is 0 Å². The molecule has 68 valence electrons. The third kappa shape index (κ3) is 6.36. The highest BCUT2D eigenvalue weighted by Crippen LogP contribution is 2.24. The number of hydrogen-bond acceptors (Lipinski definition) is 1.